The maximum Gasteiger partial charge on any atom is 0.245 e. The van der Waals surface area contributed by atoms with Crippen LogP contribution in [0.1, 0.15) is 6.92 Å². The van der Waals surface area contributed by atoms with Crippen molar-refractivity contribution in [3.8, 4) is 5.88 Å². The molecule has 9 nitrogen and oxygen atoms in total. The highest BCUT2D eigenvalue weighted by atomic mass is 32.2. The van der Waals surface area contributed by atoms with Crippen LogP contribution < -0.4 is 15.2 Å². The monoisotopic (exact) mass is 334 g/mol. The van der Waals surface area contributed by atoms with Crippen molar-refractivity contribution in [2.75, 3.05) is 11.9 Å². The quantitative estimate of drug-likeness (QED) is 0.636. The Morgan fingerprint density at radius 2 is 2.00 bits per heavy atom. The summed E-state index contributed by atoms with van der Waals surface area (Å²) in [7, 11) is -3.72. The number of sulfonamides is 1. The van der Waals surface area contributed by atoms with Gasteiger partial charge in [-0.05, 0) is 31.2 Å². The fraction of sp³-hybridized carbons (Fsp3) is 0.154. The Bertz CT molecular complexity index is 936. The molecule has 120 valence electrons. The normalized spacial score (nSPS) is 11.6. The van der Waals surface area contributed by atoms with Crippen LogP contribution in [0, 0.1) is 0 Å². The summed E-state index contributed by atoms with van der Waals surface area (Å²) in [6.45, 7) is 2.30. The van der Waals surface area contributed by atoms with Crippen molar-refractivity contribution < 1.29 is 13.2 Å². The number of anilines is 2. The van der Waals surface area contributed by atoms with Gasteiger partial charge in [-0.3, -0.25) is 0 Å². The van der Waals surface area contributed by atoms with Crippen molar-refractivity contribution in [2.24, 2.45) is 5.14 Å². The van der Waals surface area contributed by atoms with Crippen LogP contribution in [0.3, 0.4) is 0 Å². The number of fused-ring (bicyclic) bond motifs is 1. The first-order valence-electron chi connectivity index (χ1n) is 6.71. The molecular weight excluding hydrogens is 320 g/mol. The van der Waals surface area contributed by atoms with E-state index in [0.29, 0.717) is 29.3 Å². The van der Waals surface area contributed by atoms with Gasteiger partial charge in [0.25, 0.3) is 0 Å². The number of rotatable bonds is 5. The zero-order chi connectivity index (χ0) is 16.4. The van der Waals surface area contributed by atoms with E-state index in [-0.39, 0.29) is 10.8 Å². The third kappa shape index (κ3) is 3.22. The number of hydrogen-bond acceptors (Lipinski definition) is 7. The number of primary sulfonamides is 1. The minimum absolute atomic E-state index is 0.0294. The number of hydrogen-bond donors (Lipinski definition) is 3. The summed E-state index contributed by atoms with van der Waals surface area (Å²) in [6.07, 6.45) is 1.51. The molecule has 4 N–H and O–H groups in total. The largest absolute Gasteiger partial charge is 0.476 e. The molecule has 0 saturated heterocycles. The predicted molar refractivity (Wildman–Crippen MR) is 84.0 cm³/mol. The van der Waals surface area contributed by atoms with Gasteiger partial charge >= 0.3 is 0 Å². The van der Waals surface area contributed by atoms with E-state index in [9.17, 15) is 8.42 Å². The van der Waals surface area contributed by atoms with Crippen LogP contribution in [0.25, 0.3) is 11.2 Å². The van der Waals surface area contributed by atoms with Crippen LogP contribution in [0.15, 0.2) is 35.5 Å². The summed E-state index contributed by atoms with van der Waals surface area (Å²) in [5, 5.41) is 8.03. The Balaban J connectivity index is 1.92. The minimum Gasteiger partial charge on any atom is -0.476 e. The number of imidazole rings is 1. The van der Waals surface area contributed by atoms with E-state index in [1.165, 1.54) is 18.5 Å². The zero-order valence-electron chi connectivity index (χ0n) is 12.1. The topological polar surface area (TPSA) is 136 Å². The van der Waals surface area contributed by atoms with Gasteiger partial charge in [0.2, 0.25) is 21.9 Å². The molecule has 0 aliphatic carbocycles. The van der Waals surface area contributed by atoms with E-state index in [1.54, 1.807) is 12.1 Å². The summed E-state index contributed by atoms with van der Waals surface area (Å²) in [6, 6.07) is 5.93. The number of H-pyrrole nitrogens is 1. The second-order valence-electron chi connectivity index (χ2n) is 4.58. The van der Waals surface area contributed by atoms with Crippen LogP contribution in [0.5, 0.6) is 5.88 Å². The predicted octanol–water partition coefficient (Wildman–Crippen LogP) is 1.14. The van der Waals surface area contributed by atoms with Gasteiger partial charge in [-0.15, -0.1) is 0 Å². The van der Waals surface area contributed by atoms with Gasteiger partial charge in [0.05, 0.1) is 17.8 Å². The average Bonchev–Trinajstić information content (AvgIpc) is 2.96. The van der Waals surface area contributed by atoms with Gasteiger partial charge in [0.1, 0.15) is 5.52 Å². The summed E-state index contributed by atoms with van der Waals surface area (Å²) >= 11 is 0. The molecule has 0 spiro atoms. The van der Waals surface area contributed by atoms with Crippen LogP contribution >= 0.6 is 0 Å². The maximum absolute atomic E-state index is 11.2. The molecule has 0 aliphatic heterocycles. The molecule has 0 fully saturated rings. The molecule has 0 saturated carbocycles. The second kappa shape index (κ2) is 5.82. The highest BCUT2D eigenvalue weighted by Gasteiger charge is 2.12. The van der Waals surface area contributed by atoms with E-state index >= 15 is 0 Å². The summed E-state index contributed by atoms with van der Waals surface area (Å²) < 4.78 is 27.9. The van der Waals surface area contributed by atoms with Crippen molar-refractivity contribution in [1.29, 1.82) is 0 Å². The van der Waals surface area contributed by atoms with Gasteiger partial charge in [-0.25, -0.2) is 18.5 Å². The lowest BCUT2D eigenvalue weighted by Gasteiger charge is -2.08. The lowest BCUT2D eigenvalue weighted by atomic mass is 10.3. The highest BCUT2D eigenvalue weighted by molar-refractivity contribution is 7.89. The minimum atomic E-state index is -3.72. The van der Waals surface area contributed by atoms with Gasteiger partial charge < -0.3 is 15.0 Å². The summed E-state index contributed by atoms with van der Waals surface area (Å²) in [5.74, 6) is 0.676. The van der Waals surface area contributed by atoms with Gasteiger partial charge in [-0.2, -0.15) is 9.97 Å². The number of aromatic nitrogens is 4. The number of aromatic amines is 1. The van der Waals surface area contributed by atoms with E-state index in [0.717, 1.165) is 0 Å². The van der Waals surface area contributed by atoms with Crippen molar-refractivity contribution in [3.05, 3.63) is 30.6 Å². The molecule has 2 aromatic heterocycles. The molecule has 0 atom stereocenters. The SMILES string of the molecule is CCOc1nc(Nc2ccc(S(N)(=O)=O)cc2)nc2nc[nH]c12. The number of nitrogens with two attached hydrogens (primary N) is 1. The molecule has 2 heterocycles. The second-order valence-corrected chi connectivity index (χ2v) is 6.14. The van der Waals surface area contributed by atoms with E-state index < -0.39 is 10.0 Å². The Kier molecular flexibility index (Phi) is 3.84. The molecule has 0 aliphatic rings. The van der Waals surface area contributed by atoms with Crippen LogP contribution in [0.2, 0.25) is 0 Å². The number of nitrogens with one attached hydrogen (secondary N) is 2. The van der Waals surface area contributed by atoms with Gasteiger partial charge in [0.15, 0.2) is 5.65 Å². The van der Waals surface area contributed by atoms with Crippen LogP contribution in [-0.2, 0) is 10.0 Å². The fourth-order valence-electron chi connectivity index (χ4n) is 1.96. The Hall–Kier alpha value is -2.72. The molecule has 0 unspecified atom stereocenters. The number of benzene rings is 1. The molecular formula is C13H14N6O3S. The third-order valence-corrected chi connectivity index (χ3v) is 3.90. The molecule has 0 radical (unpaired) electrons. The first-order chi connectivity index (χ1) is 11.0. The van der Waals surface area contributed by atoms with Crippen molar-refractivity contribution >= 4 is 32.8 Å². The van der Waals surface area contributed by atoms with E-state index in [2.05, 4.69) is 25.3 Å². The van der Waals surface area contributed by atoms with Crippen LogP contribution in [-0.4, -0.2) is 35.0 Å². The molecule has 0 amide bonds. The average molecular weight is 334 g/mol. The first-order valence-corrected chi connectivity index (χ1v) is 8.26. The number of nitrogens with zero attached hydrogens (tertiary/aromatic N) is 3. The third-order valence-electron chi connectivity index (χ3n) is 2.97. The Morgan fingerprint density at radius 3 is 2.65 bits per heavy atom. The highest BCUT2D eigenvalue weighted by Crippen LogP contribution is 2.23. The Labute approximate surface area is 132 Å². The fourth-order valence-corrected chi connectivity index (χ4v) is 2.48. The lowest BCUT2D eigenvalue weighted by Crippen LogP contribution is -2.11. The molecule has 1 aromatic carbocycles. The Morgan fingerprint density at radius 1 is 1.26 bits per heavy atom. The van der Waals surface area contributed by atoms with E-state index in [4.69, 9.17) is 9.88 Å². The standard InChI is InChI=1S/C13H14N6O3S/c1-2-22-12-10-11(16-7-15-10)18-13(19-12)17-8-3-5-9(6-4-8)23(14,20)21/h3-7H,2H2,1H3,(H2,14,20,21)(H2,15,16,17,18,19). The maximum atomic E-state index is 11.2. The summed E-state index contributed by atoms with van der Waals surface area (Å²) in [5.41, 5.74) is 1.68. The molecule has 0 bridgehead atoms. The van der Waals surface area contributed by atoms with Crippen molar-refractivity contribution in [1.82, 2.24) is 19.9 Å². The molecule has 3 rings (SSSR count). The zero-order valence-corrected chi connectivity index (χ0v) is 13.0. The lowest BCUT2D eigenvalue weighted by molar-refractivity contribution is 0.331. The van der Waals surface area contributed by atoms with Crippen LogP contribution in [0.4, 0.5) is 11.6 Å². The number of ether oxygens (including phenoxy) is 1. The smallest absolute Gasteiger partial charge is 0.245 e. The van der Waals surface area contributed by atoms with Crippen molar-refractivity contribution in [3.63, 3.8) is 0 Å². The molecule has 23 heavy (non-hydrogen) atoms. The molecule has 3 aromatic rings. The molecule has 10 heteroatoms. The first kappa shape index (κ1) is 15.2. The van der Waals surface area contributed by atoms with E-state index in [1.807, 2.05) is 6.92 Å². The summed E-state index contributed by atoms with van der Waals surface area (Å²) in [4.78, 5) is 15.6. The van der Waals surface area contributed by atoms with Gasteiger partial charge in [-0.1, -0.05) is 0 Å². The van der Waals surface area contributed by atoms with Gasteiger partial charge in [0, 0.05) is 5.69 Å². The van der Waals surface area contributed by atoms with Crippen molar-refractivity contribution in [2.45, 2.75) is 11.8 Å².